The molecular formula is C18H22N2O4S. The van der Waals surface area contributed by atoms with Crippen LogP contribution in [0.1, 0.15) is 12.8 Å². The van der Waals surface area contributed by atoms with Gasteiger partial charge >= 0.3 is 0 Å². The maximum atomic E-state index is 12.0. The summed E-state index contributed by atoms with van der Waals surface area (Å²) in [5.41, 5.74) is 0.562. The van der Waals surface area contributed by atoms with Gasteiger partial charge in [-0.25, -0.2) is 12.7 Å². The first kappa shape index (κ1) is 19.0. The van der Waals surface area contributed by atoms with E-state index in [0.717, 1.165) is 10.1 Å². The van der Waals surface area contributed by atoms with E-state index in [1.165, 1.54) is 26.2 Å². The molecule has 1 N–H and O–H groups in total. The van der Waals surface area contributed by atoms with Gasteiger partial charge in [0.25, 0.3) is 0 Å². The van der Waals surface area contributed by atoms with Crippen molar-refractivity contribution in [3.8, 4) is 5.75 Å². The van der Waals surface area contributed by atoms with Gasteiger partial charge in [-0.1, -0.05) is 18.2 Å². The van der Waals surface area contributed by atoms with Gasteiger partial charge in [-0.05, 0) is 42.8 Å². The van der Waals surface area contributed by atoms with Crippen molar-refractivity contribution in [1.82, 2.24) is 4.31 Å². The predicted octanol–water partition coefficient (Wildman–Crippen LogP) is 2.73. The van der Waals surface area contributed by atoms with E-state index in [1.54, 1.807) is 12.1 Å². The maximum Gasteiger partial charge on any atom is 0.242 e. The average molecular weight is 362 g/mol. The van der Waals surface area contributed by atoms with Crippen molar-refractivity contribution in [2.45, 2.75) is 17.7 Å². The molecule has 7 heteroatoms. The molecule has 0 aromatic heterocycles. The van der Waals surface area contributed by atoms with E-state index < -0.39 is 10.0 Å². The second-order valence-electron chi connectivity index (χ2n) is 5.63. The Bertz CT molecular complexity index is 788. The van der Waals surface area contributed by atoms with Crippen molar-refractivity contribution in [3.63, 3.8) is 0 Å². The van der Waals surface area contributed by atoms with E-state index in [4.69, 9.17) is 4.74 Å². The molecule has 25 heavy (non-hydrogen) atoms. The number of hydrogen-bond donors (Lipinski definition) is 1. The Hall–Kier alpha value is -2.38. The van der Waals surface area contributed by atoms with Crippen molar-refractivity contribution in [1.29, 1.82) is 0 Å². The molecule has 1 amide bonds. The number of rotatable bonds is 8. The first-order valence-electron chi connectivity index (χ1n) is 7.90. The SMILES string of the molecule is CN(C)S(=O)(=O)c1ccc(NC(=O)CCCOc2ccccc2)cc1. The third-order valence-electron chi connectivity index (χ3n) is 3.48. The smallest absolute Gasteiger partial charge is 0.242 e. The van der Waals surface area contributed by atoms with Gasteiger partial charge in [-0.15, -0.1) is 0 Å². The summed E-state index contributed by atoms with van der Waals surface area (Å²) in [4.78, 5) is 12.1. The Morgan fingerprint density at radius 3 is 2.28 bits per heavy atom. The molecule has 0 aliphatic carbocycles. The lowest BCUT2D eigenvalue weighted by atomic mass is 10.2. The van der Waals surface area contributed by atoms with Crippen LogP contribution in [-0.4, -0.2) is 39.3 Å². The van der Waals surface area contributed by atoms with Crippen LogP contribution < -0.4 is 10.1 Å². The van der Waals surface area contributed by atoms with Crippen LogP contribution in [0.25, 0.3) is 0 Å². The number of anilines is 1. The zero-order valence-corrected chi connectivity index (χ0v) is 15.1. The first-order valence-corrected chi connectivity index (χ1v) is 9.34. The van der Waals surface area contributed by atoms with Crippen molar-refractivity contribution < 1.29 is 17.9 Å². The Morgan fingerprint density at radius 1 is 1.04 bits per heavy atom. The summed E-state index contributed by atoms with van der Waals surface area (Å²) < 4.78 is 30.6. The fourth-order valence-electron chi connectivity index (χ4n) is 2.08. The third-order valence-corrected chi connectivity index (χ3v) is 5.31. The van der Waals surface area contributed by atoms with E-state index in [2.05, 4.69) is 5.32 Å². The summed E-state index contributed by atoms with van der Waals surface area (Å²) >= 11 is 0. The van der Waals surface area contributed by atoms with Crippen LogP contribution in [0.4, 0.5) is 5.69 Å². The Labute approximate surface area is 148 Å². The number of nitrogens with one attached hydrogen (secondary N) is 1. The Kier molecular flexibility index (Phi) is 6.55. The maximum absolute atomic E-state index is 12.0. The highest BCUT2D eigenvalue weighted by Gasteiger charge is 2.16. The molecule has 0 fully saturated rings. The molecule has 0 saturated carbocycles. The van der Waals surface area contributed by atoms with Crippen LogP contribution in [0.15, 0.2) is 59.5 Å². The summed E-state index contributed by atoms with van der Waals surface area (Å²) in [6, 6.07) is 15.5. The topological polar surface area (TPSA) is 75.7 Å². The molecule has 0 bridgehead atoms. The predicted molar refractivity (Wildman–Crippen MR) is 97.1 cm³/mol. The van der Waals surface area contributed by atoms with Crippen molar-refractivity contribution in [2.75, 3.05) is 26.0 Å². The zero-order valence-electron chi connectivity index (χ0n) is 14.3. The summed E-state index contributed by atoms with van der Waals surface area (Å²) in [7, 11) is -0.512. The number of sulfonamides is 1. The minimum Gasteiger partial charge on any atom is -0.494 e. The summed E-state index contributed by atoms with van der Waals surface area (Å²) in [6.45, 7) is 0.456. The van der Waals surface area contributed by atoms with E-state index in [9.17, 15) is 13.2 Å². The summed E-state index contributed by atoms with van der Waals surface area (Å²) in [6.07, 6.45) is 0.915. The monoisotopic (exact) mass is 362 g/mol. The number of amides is 1. The van der Waals surface area contributed by atoms with Crippen LogP contribution in [0.5, 0.6) is 5.75 Å². The Morgan fingerprint density at radius 2 is 1.68 bits per heavy atom. The third kappa shape index (κ3) is 5.58. The molecular weight excluding hydrogens is 340 g/mol. The highest BCUT2D eigenvalue weighted by atomic mass is 32.2. The quantitative estimate of drug-likeness (QED) is 0.733. The highest BCUT2D eigenvalue weighted by Crippen LogP contribution is 2.17. The molecule has 0 aliphatic heterocycles. The normalized spacial score (nSPS) is 11.3. The van der Waals surface area contributed by atoms with Gasteiger partial charge in [0.1, 0.15) is 5.75 Å². The van der Waals surface area contributed by atoms with E-state index >= 15 is 0 Å². The molecule has 0 saturated heterocycles. The number of nitrogens with zero attached hydrogens (tertiary/aromatic N) is 1. The lowest BCUT2D eigenvalue weighted by Gasteiger charge is -2.12. The molecule has 0 radical (unpaired) electrons. The first-order chi connectivity index (χ1) is 11.9. The van der Waals surface area contributed by atoms with Crippen molar-refractivity contribution in [3.05, 3.63) is 54.6 Å². The molecule has 0 atom stereocenters. The minimum absolute atomic E-state index is 0.139. The van der Waals surface area contributed by atoms with E-state index in [1.807, 2.05) is 30.3 Å². The van der Waals surface area contributed by atoms with Gasteiger partial charge < -0.3 is 10.1 Å². The number of ether oxygens (including phenoxy) is 1. The van der Waals surface area contributed by atoms with Gasteiger partial charge in [0.15, 0.2) is 0 Å². The Balaban J connectivity index is 1.79. The van der Waals surface area contributed by atoms with Gasteiger partial charge in [0.2, 0.25) is 15.9 Å². The van der Waals surface area contributed by atoms with Crippen LogP contribution >= 0.6 is 0 Å². The van der Waals surface area contributed by atoms with Gasteiger partial charge in [0, 0.05) is 26.2 Å². The minimum atomic E-state index is -3.46. The standard InChI is InChI=1S/C18H22N2O4S/c1-20(2)25(22,23)17-12-10-15(11-13-17)19-18(21)9-6-14-24-16-7-4-3-5-8-16/h3-5,7-8,10-13H,6,9,14H2,1-2H3,(H,19,21). The molecule has 0 unspecified atom stereocenters. The van der Waals surface area contributed by atoms with Gasteiger partial charge in [0.05, 0.1) is 11.5 Å². The molecule has 2 aromatic carbocycles. The van der Waals surface area contributed by atoms with E-state index in [0.29, 0.717) is 25.1 Å². The van der Waals surface area contributed by atoms with Crippen LogP contribution in [0.3, 0.4) is 0 Å². The summed E-state index contributed by atoms with van der Waals surface area (Å²) in [5.74, 6) is 0.639. The largest absolute Gasteiger partial charge is 0.494 e. The number of hydrogen-bond acceptors (Lipinski definition) is 4. The zero-order chi connectivity index (χ0) is 18.3. The van der Waals surface area contributed by atoms with Crippen molar-refractivity contribution >= 4 is 21.6 Å². The molecule has 0 aliphatic rings. The van der Waals surface area contributed by atoms with Crippen LogP contribution in [0.2, 0.25) is 0 Å². The molecule has 6 nitrogen and oxygen atoms in total. The fourth-order valence-corrected chi connectivity index (χ4v) is 2.99. The molecule has 134 valence electrons. The lowest BCUT2D eigenvalue weighted by molar-refractivity contribution is -0.116. The average Bonchev–Trinajstić information content (AvgIpc) is 2.60. The van der Waals surface area contributed by atoms with Gasteiger partial charge in [-0.3, -0.25) is 4.79 Å². The molecule has 0 spiro atoms. The van der Waals surface area contributed by atoms with Gasteiger partial charge in [-0.2, -0.15) is 0 Å². The second-order valence-corrected chi connectivity index (χ2v) is 7.78. The van der Waals surface area contributed by atoms with Crippen LogP contribution in [0, 0.1) is 0 Å². The second kappa shape index (κ2) is 8.64. The highest BCUT2D eigenvalue weighted by molar-refractivity contribution is 7.89. The molecule has 0 heterocycles. The molecule has 2 rings (SSSR count). The number of carbonyl (C=O) groups excluding carboxylic acids is 1. The number of para-hydroxylation sites is 1. The van der Waals surface area contributed by atoms with Crippen LogP contribution in [-0.2, 0) is 14.8 Å². The number of benzene rings is 2. The van der Waals surface area contributed by atoms with E-state index in [-0.39, 0.29) is 10.8 Å². The lowest BCUT2D eigenvalue weighted by Crippen LogP contribution is -2.22. The molecule has 2 aromatic rings. The van der Waals surface area contributed by atoms with Crippen molar-refractivity contribution in [2.24, 2.45) is 0 Å². The summed E-state index contributed by atoms with van der Waals surface area (Å²) in [5, 5.41) is 2.75. The number of carbonyl (C=O) groups is 1. The fraction of sp³-hybridized carbons (Fsp3) is 0.278.